The summed E-state index contributed by atoms with van der Waals surface area (Å²) in [6.07, 6.45) is 0. The highest BCUT2D eigenvalue weighted by molar-refractivity contribution is 9.10. The van der Waals surface area contributed by atoms with Crippen LogP contribution in [0.5, 0.6) is 0 Å². The zero-order valence-electron chi connectivity index (χ0n) is 11.5. The zero-order chi connectivity index (χ0) is 15.2. The van der Waals surface area contributed by atoms with Crippen LogP contribution in [0, 0.1) is 0 Å². The summed E-state index contributed by atoms with van der Waals surface area (Å²) in [4.78, 5) is 24.0. The van der Waals surface area contributed by atoms with Gasteiger partial charge in [0, 0.05) is 15.7 Å². The maximum Gasteiger partial charge on any atom is 0.319 e. The first kappa shape index (κ1) is 15.3. The molecule has 0 saturated carbocycles. The summed E-state index contributed by atoms with van der Waals surface area (Å²) in [5.74, 6) is -0.124. The van der Waals surface area contributed by atoms with Gasteiger partial charge in [-0.3, -0.25) is 4.79 Å². The molecule has 1 atom stereocenters. The van der Waals surface area contributed by atoms with E-state index in [1.807, 2.05) is 18.2 Å². The molecule has 0 aliphatic rings. The van der Waals surface area contributed by atoms with E-state index in [4.69, 9.17) is 0 Å². The summed E-state index contributed by atoms with van der Waals surface area (Å²) in [5.41, 5.74) is 1.24. The Balaban J connectivity index is 1.93. The third-order valence-corrected chi connectivity index (χ3v) is 3.43. The van der Waals surface area contributed by atoms with Crippen LogP contribution in [-0.4, -0.2) is 17.9 Å². The van der Waals surface area contributed by atoms with Gasteiger partial charge in [0.25, 0.3) is 0 Å². The average Bonchev–Trinajstić information content (AvgIpc) is 2.49. The normalized spacial score (nSPS) is 11.5. The minimum Gasteiger partial charge on any atom is -0.328 e. The van der Waals surface area contributed by atoms with Crippen LogP contribution in [0.4, 0.5) is 10.5 Å². The van der Waals surface area contributed by atoms with Gasteiger partial charge in [0.05, 0.1) is 6.04 Å². The Morgan fingerprint density at radius 1 is 1.00 bits per heavy atom. The van der Waals surface area contributed by atoms with Crippen molar-refractivity contribution in [3.63, 3.8) is 0 Å². The summed E-state index contributed by atoms with van der Waals surface area (Å²) in [7, 11) is 0. The van der Waals surface area contributed by atoms with Crippen molar-refractivity contribution in [3.05, 3.63) is 64.6 Å². The predicted molar refractivity (Wildman–Crippen MR) is 86.5 cm³/mol. The second-order valence-corrected chi connectivity index (χ2v) is 5.47. The van der Waals surface area contributed by atoms with E-state index >= 15 is 0 Å². The van der Waals surface area contributed by atoms with Crippen molar-refractivity contribution < 1.29 is 9.59 Å². The zero-order valence-corrected chi connectivity index (χ0v) is 13.1. The van der Waals surface area contributed by atoms with Crippen molar-refractivity contribution in [1.82, 2.24) is 5.32 Å². The van der Waals surface area contributed by atoms with Crippen LogP contribution in [0.1, 0.15) is 17.3 Å². The van der Waals surface area contributed by atoms with Crippen molar-refractivity contribution in [2.75, 3.05) is 5.32 Å². The SMILES string of the molecule is C[C@H](NC(=O)Nc1ccc(Br)cc1)C(=O)c1ccccc1. The van der Waals surface area contributed by atoms with Gasteiger partial charge in [0.1, 0.15) is 0 Å². The lowest BCUT2D eigenvalue weighted by Crippen LogP contribution is -2.41. The third kappa shape index (κ3) is 4.43. The van der Waals surface area contributed by atoms with Gasteiger partial charge in [-0.25, -0.2) is 4.79 Å². The van der Waals surface area contributed by atoms with E-state index in [1.165, 1.54) is 0 Å². The van der Waals surface area contributed by atoms with Gasteiger partial charge < -0.3 is 10.6 Å². The average molecular weight is 347 g/mol. The van der Waals surface area contributed by atoms with Crippen LogP contribution in [-0.2, 0) is 0 Å². The number of nitrogens with one attached hydrogen (secondary N) is 2. The Bertz CT molecular complexity index is 626. The Morgan fingerprint density at radius 3 is 2.24 bits per heavy atom. The Labute approximate surface area is 131 Å². The van der Waals surface area contributed by atoms with Gasteiger partial charge in [-0.15, -0.1) is 0 Å². The molecule has 0 aliphatic heterocycles. The topological polar surface area (TPSA) is 58.2 Å². The standard InChI is InChI=1S/C16H15BrN2O2/c1-11(15(20)12-5-3-2-4-6-12)18-16(21)19-14-9-7-13(17)8-10-14/h2-11H,1H3,(H2,18,19,21)/t11-/m0/s1. The molecule has 108 valence electrons. The molecule has 2 aromatic carbocycles. The number of carbonyl (C=O) groups excluding carboxylic acids is 2. The molecule has 4 nitrogen and oxygen atoms in total. The molecule has 0 heterocycles. The first-order valence-electron chi connectivity index (χ1n) is 6.48. The largest absolute Gasteiger partial charge is 0.328 e. The molecule has 0 bridgehead atoms. The highest BCUT2D eigenvalue weighted by Crippen LogP contribution is 2.14. The summed E-state index contributed by atoms with van der Waals surface area (Å²) in [6.45, 7) is 1.66. The van der Waals surface area contributed by atoms with Crippen LogP contribution in [0.25, 0.3) is 0 Å². The number of urea groups is 1. The summed E-state index contributed by atoms with van der Waals surface area (Å²) in [6, 6.07) is 15.1. The number of hydrogen-bond acceptors (Lipinski definition) is 2. The molecule has 0 unspecified atom stereocenters. The smallest absolute Gasteiger partial charge is 0.319 e. The van der Waals surface area contributed by atoms with E-state index in [1.54, 1.807) is 43.3 Å². The number of Topliss-reactive ketones (excluding diaryl/α,β-unsaturated/α-hetero) is 1. The highest BCUT2D eigenvalue weighted by Gasteiger charge is 2.16. The van der Waals surface area contributed by atoms with Crippen molar-refractivity contribution in [2.24, 2.45) is 0 Å². The molecule has 2 amide bonds. The first-order valence-corrected chi connectivity index (χ1v) is 7.28. The lowest BCUT2D eigenvalue weighted by molar-refractivity contribution is 0.0955. The van der Waals surface area contributed by atoms with Crippen molar-refractivity contribution in [1.29, 1.82) is 0 Å². The number of halogens is 1. The van der Waals surface area contributed by atoms with Gasteiger partial charge in [0.2, 0.25) is 0 Å². The number of carbonyl (C=O) groups is 2. The lowest BCUT2D eigenvalue weighted by Gasteiger charge is -2.14. The van der Waals surface area contributed by atoms with E-state index in [2.05, 4.69) is 26.6 Å². The number of amides is 2. The van der Waals surface area contributed by atoms with Crippen molar-refractivity contribution in [2.45, 2.75) is 13.0 Å². The van der Waals surface area contributed by atoms with Crippen LogP contribution in [0.15, 0.2) is 59.1 Å². The van der Waals surface area contributed by atoms with Crippen molar-refractivity contribution in [3.8, 4) is 0 Å². The molecule has 0 spiro atoms. The van der Waals surface area contributed by atoms with Crippen LogP contribution in [0.2, 0.25) is 0 Å². The Kier molecular flexibility index (Phi) is 5.11. The number of rotatable bonds is 4. The number of benzene rings is 2. The van der Waals surface area contributed by atoms with Gasteiger partial charge in [0.15, 0.2) is 5.78 Å². The third-order valence-electron chi connectivity index (χ3n) is 2.90. The van der Waals surface area contributed by atoms with Crippen LogP contribution >= 0.6 is 15.9 Å². The van der Waals surface area contributed by atoms with Gasteiger partial charge in [-0.05, 0) is 31.2 Å². The fourth-order valence-corrected chi connectivity index (χ4v) is 2.08. The molecular formula is C16H15BrN2O2. The van der Waals surface area contributed by atoms with E-state index in [-0.39, 0.29) is 5.78 Å². The van der Waals surface area contributed by atoms with E-state index in [0.29, 0.717) is 11.3 Å². The molecule has 0 aromatic heterocycles. The second kappa shape index (κ2) is 7.04. The van der Waals surface area contributed by atoms with Gasteiger partial charge in [-0.2, -0.15) is 0 Å². The maximum atomic E-state index is 12.1. The molecule has 0 aliphatic carbocycles. The fraction of sp³-hybridized carbons (Fsp3) is 0.125. The number of hydrogen-bond donors (Lipinski definition) is 2. The molecular weight excluding hydrogens is 332 g/mol. The number of ketones is 1. The molecule has 0 saturated heterocycles. The highest BCUT2D eigenvalue weighted by atomic mass is 79.9. The summed E-state index contributed by atoms with van der Waals surface area (Å²) >= 11 is 3.32. The van der Waals surface area contributed by atoms with Crippen LogP contribution < -0.4 is 10.6 Å². The second-order valence-electron chi connectivity index (χ2n) is 4.56. The van der Waals surface area contributed by atoms with E-state index in [0.717, 1.165) is 4.47 Å². The molecule has 0 radical (unpaired) electrons. The monoisotopic (exact) mass is 346 g/mol. The molecule has 21 heavy (non-hydrogen) atoms. The molecule has 2 rings (SSSR count). The minimum absolute atomic E-state index is 0.124. The Morgan fingerprint density at radius 2 is 1.62 bits per heavy atom. The number of anilines is 1. The first-order chi connectivity index (χ1) is 10.1. The van der Waals surface area contributed by atoms with E-state index in [9.17, 15) is 9.59 Å². The minimum atomic E-state index is -0.595. The molecule has 0 fully saturated rings. The molecule has 5 heteroatoms. The molecule has 2 aromatic rings. The lowest BCUT2D eigenvalue weighted by atomic mass is 10.1. The van der Waals surface area contributed by atoms with Crippen molar-refractivity contribution >= 4 is 33.4 Å². The van der Waals surface area contributed by atoms with Gasteiger partial charge >= 0.3 is 6.03 Å². The van der Waals surface area contributed by atoms with Crippen LogP contribution in [0.3, 0.4) is 0 Å². The quantitative estimate of drug-likeness (QED) is 0.826. The summed E-state index contributed by atoms with van der Waals surface area (Å²) < 4.78 is 0.932. The maximum absolute atomic E-state index is 12.1. The molecule has 2 N–H and O–H groups in total. The predicted octanol–water partition coefficient (Wildman–Crippen LogP) is 3.84. The summed E-state index contributed by atoms with van der Waals surface area (Å²) in [5, 5.41) is 5.31. The van der Waals surface area contributed by atoms with Gasteiger partial charge in [-0.1, -0.05) is 46.3 Å². The Hall–Kier alpha value is -2.14. The van der Waals surface area contributed by atoms with E-state index < -0.39 is 12.1 Å². The fourth-order valence-electron chi connectivity index (χ4n) is 1.82.